The molecule has 2 N–H and O–H groups in total. The zero-order valence-electron chi connectivity index (χ0n) is 14.5. The molecule has 1 aromatic carbocycles. The van der Waals surface area contributed by atoms with Crippen molar-refractivity contribution in [1.29, 1.82) is 0 Å². The van der Waals surface area contributed by atoms with E-state index in [1.807, 2.05) is 0 Å². The summed E-state index contributed by atoms with van der Waals surface area (Å²) in [6, 6.07) is 1.42. The number of benzene rings is 1. The molecule has 2 saturated heterocycles. The highest BCUT2D eigenvalue weighted by molar-refractivity contribution is 6.24. The molecule has 3 aliphatic heterocycles. The Morgan fingerprint density at radius 2 is 1.78 bits per heavy atom. The minimum atomic E-state index is -1.03. The van der Waals surface area contributed by atoms with E-state index in [2.05, 4.69) is 10.6 Å². The van der Waals surface area contributed by atoms with Crippen LogP contribution in [0.3, 0.4) is 0 Å². The van der Waals surface area contributed by atoms with Gasteiger partial charge in [0.15, 0.2) is 0 Å². The van der Waals surface area contributed by atoms with E-state index in [0.29, 0.717) is 17.4 Å². The first-order valence-electron chi connectivity index (χ1n) is 9.21. The summed E-state index contributed by atoms with van der Waals surface area (Å²) in [6.45, 7) is 1.62. The number of halogens is 1. The maximum atomic E-state index is 14.3. The number of rotatable bonds is 2. The Hall–Kier alpha value is -2.61. The molecule has 7 nitrogen and oxygen atoms in total. The number of nitrogens with one attached hydrogen (secondary N) is 2. The third-order valence-electron chi connectivity index (χ3n) is 6.33. The van der Waals surface area contributed by atoms with Crippen molar-refractivity contribution >= 4 is 23.6 Å². The SMILES string of the molecule is O=C1CCC(N2C(=O)c3cc(F)cc(C4C5CNCC4C5)c3C2=O)C(=O)N1. The van der Waals surface area contributed by atoms with E-state index in [-0.39, 0.29) is 29.9 Å². The van der Waals surface area contributed by atoms with Gasteiger partial charge < -0.3 is 5.32 Å². The fourth-order valence-electron chi connectivity index (χ4n) is 5.11. The van der Waals surface area contributed by atoms with Crippen LogP contribution in [-0.2, 0) is 9.59 Å². The maximum absolute atomic E-state index is 14.3. The second-order valence-corrected chi connectivity index (χ2v) is 7.80. The molecule has 3 fully saturated rings. The quantitative estimate of drug-likeness (QED) is 0.741. The topological polar surface area (TPSA) is 95.6 Å². The van der Waals surface area contributed by atoms with Crippen molar-refractivity contribution in [3.05, 3.63) is 34.6 Å². The average molecular weight is 371 g/mol. The van der Waals surface area contributed by atoms with Crippen molar-refractivity contribution in [2.24, 2.45) is 11.8 Å². The molecule has 27 heavy (non-hydrogen) atoms. The van der Waals surface area contributed by atoms with E-state index < -0.39 is 35.5 Å². The molecule has 4 aliphatic rings. The van der Waals surface area contributed by atoms with E-state index in [4.69, 9.17) is 0 Å². The minimum Gasteiger partial charge on any atom is -0.316 e. The number of carbonyl (C=O) groups excluding carboxylic acids is 4. The largest absolute Gasteiger partial charge is 0.316 e. The number of hydrogen-bond acceptors (Lipinski definition) is 5. The molecule has 0 spiro atoms. The summed E-state index contributed by atoms with van der Waals surface area (Å²) in [7, 11) is 0. The average Bonchev–Trinajstić information content (AvgIpc) is 2.87. The summed E-state index contributed by atoms with van der Waals surface area (Å²) in [4.78, 5) is 50.5. The molecule has 5 rings (SSSR count). The van der Waals surface area contributed by atoms with Crippen LogP contribution in [0.1, 0.15) is 51.5 Å². The van der Waals surface area contributed by atoms with E-state index in [1.54, 1.807) is 0 Å². The van der Waals surface area contributed by atoms with Crippen molar-refractivity contribution in [3.8, 4) is 0 Å². The Labute approximate surface area is 154 Å². The van der Waals surface area contributed by atoms with Crippen LogP contribution in [0.4, 0.5) is 4.39 Å². The van der Waals surface area contributed by atoms with Crippen LogP contribution in [0.5, 0.6) is 0 Å². The number of piperidine rings is 3. The van der Waals surface area contributed by atoms with Crippen molar-refractivity contribution in [1.82, 2.24) is 15.5 Å². The lowest BCUT2D eigenvalue weighted by atomic mass is 9.59. The van der Waals surface area contributed by atoms with Gasteiger partial charge in [0.2, 0.25) is 11.8 Å². The minimum absolute atomic E-state index is 0.0256. The summed E-state index contributed by atoms with van der Waals surface area (Å²) < 4.78 is 14.3. The molecule has 3 heterocycles. The first-order chi connectivity index (χ1) is 13.0. The van der Waals surface area contributed by atoms with Gasteiger partial charge in [0.1, 0.15) is 11.9 Å². The van der Waals surface area contributed by atoms with Gasteiger partial charge in [-0.15, -0.1) is 0 Å². The van der Waals surface area contributed by atoms with Gasteiger partial charge in [-0.25, -0.2) is 4.39 Å². The molecule has 3 atom stereocenters. The third-order valence-corrected chi connectivity index (χ3v) is 6.33. The molecule has 140 valence electrons. The van der Waals surface area contributed by atoms with Crippen LogP contribution in [0.15, 0.2) is 12.1 Å². The zero-order chi connectivity index (χ0) is 18.9. The molecule has 2 bridgehead atoms. The zero-order valence-corrected chi connectivity index (χ0v) is 14.5. The lowest BCUT2D eigenvalue weighted by molar-refractivity contribution is -0.136. The number of imide groups is 2. The Morgan fingerprint density at radius 3 is 2.44 bits per heavy atom. The van der Waals surface area contributed by atoms with Crippen LogP contribution in [0, 0.1) is 17.7 Å². The number of hydrogen-bond donors (Lipinski definition) is 2. The summed E-state index contributed by atoms with van der Waals surface area (Å²) in [5, 5.41) is 5.49. The summed E-state index contributed by atoms with van der Waals surface area (Å²) in [6.07, 6.45) is 1.18. The Balaban J connectivity index is 1.56. The highest BCUT2D eigenvalue weighted by Gasteiger charge is 2.50. The highest BCUT2D eigenvalue weighted by atomic mass is 19.1. The predicted octanol–water partition coefficient (Wildman–Crippen LogP) is 0.550. The van der Waals surface area contributed by atoms with Crippen molar-refractivity contribution in [2.75, 3.05) is 13.1 Å². The third kappa shape index (κ3) is 2.29. The lowest BCUT2D eigenvalue weighted by Gasteiger charge is -2.50. The fourth-order valence-corrected chi connectivity index (χ4v) is 5.11. The monoisotopic (exact) mass is 371 g/mol. The van der Waals surface area contributed by atoms with Gasteiger partial charge in [-0.2, -0.15) is 0 Å². The number of amides is 4. The van der Waals surface area contributed by atoms with Gasteiger partial charge in [-0.05, 0) is 61.4 Å². The summed E-state index contributed by atoms with van der Waals surface area (Å²) in [5.74, 6) is -2.15. The van der Waals surface area contributed by atoms with Crippen molar-refractivity contribution in [3.63, 3.8) is 0 Å². The molecule has 3 unspecified atom stereocenters. The maximum Gasteiger partial charge on any atom is 0.262 e. The van der Waals surface area contributed by atoms with Crippen LogP contribution < -0.4 is 10.6 Å². The van der Waals surface area contributed by atoms with Gasteiger partial charge in [-0.3, -0.25) is 29.4 Å². The number of nitrogens with zero attached hydrogens (tertiary/aromatic N) is 1. The smallest absolute Gasteiger partial charge is 0.262 e. The Morgan fingerprint density at radius 1 is 1.04 bits per heavy atom. The second-order valence-electron chi connectivity index (χ2n) is 7.80. The normalized spacial score (nSPS) is 32.3. The summed E-state index contributed by atoms with van der Waals surface area (Å²) >= 11 is 0. The molecule has 0 radical (unpaired) electrons. The van der Waals surface area contributed by atoms with Gasteiger partial charge in [0.05, 0.1) is 11.1 Å². The molecule has 1 aromatic rings. The van der Waals surface area contributed by atoms with Crippen LogP contribution in [0.2, 0.25) is 0 Å². The molecule has 1 saturated carbocycles. The van der Waals surface area contributed by atoms with Gasteiger partial charge in [-0.1, -0.05) is 0 Å². The predicted molar refractivity (Wildman–Crippen MR) is 90.3 cm³/mol. The fraction of sp³-hybridized carbons (Fsp3) is 0.474. The van der Waals surface area contributed by atoms with Crippen LogP contribution in [0.25, 0.3) is 0 Å². The van der Waals surface area contributed by atoms with Crippen LogP contribution >= 0.6 is 0 Å². The first-order valence-corrected chi connectivity index (χ1v) is 9.21. The van der Waals surface area contributed by atoms with Gasteiger partial charge in [0.25, 0.3) is 11.8 Å². The van der Waals surface area contributed by atoms with E-state index in [9.17, 15) is 23.6 Å². The van der Waals surface area contributed by atoms with Crippen molar-refractivity contribution in [2.45, 2.75) is 31.2 Å². The Kier molecular flexibility index (Phi) is 3.49. The molecule has 1 aliphatic carbocycles. The van der Waals surface area contributed by atoms with Gasteiger partial charge in [0, 0.05) is 6.42 Å². The second kappa shape index (κ2) is 5.69. The Bertz CT molecular complexity index is 900. The number of fused-ring (bicyclic) bond motifs is 3. The first kappa shape index (κ1) is 16.6. The lowest BCUT2D eigenvalue weighted by Crippen LogP contribution is -2.54. The van der Waals surface area contributed by atoms with Crippen molar-refractivity contribution < 1.29 is 23.6 Å². The highest BCUT2D eigenvalue weighted by Crippen LogP contribution is 2.51. The molecule has 4 amide bonds. The standard InChI is InChI=1S/C19H18FN3O4/c20-10-4-11(15-8-3-9(15)7-21-6-8)16-12(5-10)18(26)23(19(16)27)13-1-2-14(24)22-17(13)25/h4-5,8-9,13,15,21H,1-3,6-7H2,(H,22,24,25). The van der Waals surface area contributed by atoms with Crippen LogP contribution in [-0.4, -0.2) is 47.7 Å². The summed E-state index contributed by atoms with van der Waals surface area (Å²) in [5.41, 5.74) is 0.839. The molecular weight excluding hydrogens is 353 g/mol. The number of carbonyl (C=O) groups is 4. The van der Waals surface area contributed by atoms with E-state index in [1.165, 1.54) is 6.07 Å². The van der Waals surface area contributed by atoms with Gasteiger partial charge >= 0.3 is 0 Å². The molecular formula is C19H18FN3O4. The molecule has 8 heteroatoms. The molecule has 0 aromatic heterocycles. The van der Waals surface area contributed by atoms with E-state index in [0.717, 1.165) is 30.5 Å². The van der Waals surface area contributed by atoms with E-state index >= 15 is 0 Å².